The van der Waals surface area contributed by atoms with Crippen LogP contribution in [0.15, 0.2) is 122 Å². The van der Waals surface area contributed by atoms with Gasteiger partial charge in [-0.25, -0.2) is 0 Å². The van der Waals surface area contributed by atoms with E-state index < -0.39 is 12.1 Å². The first-order valence-electron chi connectivity index (χ1n) is 24.1. The molecule has 0 N–H and O–H groups in total. The van der Waals surface area contributed by atoms with E-state index in [2.05, 4.69) is 130 Å². The first-order chi connectivity index (χ1) is 30.0. The molecule has 61 heavy (non-hydrogen) atoms. The first kappa shape index (κ1) is 56.8. The Labute approximate surface area is 373 Å². The van der Waals surface area contributed by atoms with Gasteiger partial charge in [0.1, 0.15) is 13.2 Å². The van der Waals surface area contributed by atoms with Crippen LogP contribution in [0.1, 0.15) is 188 Å². The van der Waals surface area contributed by atoms with Gasteiger partial charge in [-0.3, -0.25) is 14.4 Å². The average molecular weight is 843 g/mol. The lowest BCUT2D eigenvalue weighted by atomic mass is 10.1. The molecule has 0 rings (SSSR count). The number of hydrogen-bond acceptors (Lipinski definition) is 6. The highest BCUT2D eigenvalue weighted by molar-refractivity contribution is 5.71. The van der Waals surface area contributed by atoms with E-state index in [0.29, 0.717) is 25.7 Å². The third kappa shape index (κ3) is 46.7. The maximum Gasteiger partial charge on any atom is 0.306 e. The highest BCUT2D eigenvalue weighted by Gasteiger charge is 2.19. The van der Waals surface area contributed by atoms with Crippen molar-refractivity contribution in [2.75, 3.05) is 13.2 Å². The minimum Gasteiger partial charge on any atom is -0.462 e. The fraction of sp³-hybridized carbons (Fsp3) is 0.582. The molecule has 0 amide bonds. The molecule has 1 atom stereocenters. The minimum absolute atomic E-state index is 0.133. The number of rotatable bonds is 41. The van der Waals surface area contributed by atoms with Gasteiger partial charge in [-0.2, -0.15) is 0 Å². The van der Waals surface area contributed by atoms with Gasteiger partial charge >= 0.3 is 17.9 Å². The second-order valence-electron chi connectivity index (χ2n) is 15.3. The zero-order valence-corrected chi connectivity index (χ0v) is 38.9. The van der Waals surface area contributed by atoms with E-state index in [1.165, 1.54) is 32.1 Å². The molecule has 0 saturated carbocycles. The molecule has 0 radical (unpaired) electrons. The van der Waals surface area contributed by atoms with Crippen LogP contribution in [0.25, 0.3) is 0 Å². The van der Waals surface area contributed by atoms with E-state index in [4.69, 9.17) is 14.2 Å². The van der Waals surface area contributed by atoms with Crippen LogP contribution in [0, 0.1) is 0 Å². The van der Waals surface area contributed by atoms with Gasteiger partial charge in [0, 0.05) is 19.3 Å². The summed E-state index contributed by atoms with van der Waals surface area (Å²) in [6.07, 6.45) is 66.3. The van der Waals surface area contributed by atoms with Crippen LogP contribution in [0.2, 0.25) is 0 Å². The Morgan fingerprint density at radius 3 is 1.23 bits per heavy atom. The summed E-state index contributed by atoms with van der Waals surface area (Å²) in [6.45, 7) is 6.24. The molecule has 0 aromatic rings. The van der Waals surface area contributed by atoms with Crippen LogP contribution in [0.3, 0.4) is 0 Å². The highest BCUT2D eigenvalue weighted by atomic mass is 16.6. The molecule has 0 aromatic heterocycles. The Morgan fingerprint density at radius 2 is 0.738 bits per heavy atom. The molecule has 6 nitrogen and oxygen atoms in total. The molecule has 6 heteroatoms. The number of carbonyl (C=O) groups excluding carboxylic acids is 3. The molecule has 0 saturated heterocycles. The normalized spacial score (nSPS) is 13.2. The van der Waals surface area contributed by atoms with Crippen molar-refractivity contribution in [1.29, 1.82) is 0 Å². The van der Waals surface area contributed by atoms with E-state index in [1.807, 2.05) is 12.2 Å². The molecule has 0 aliphatic rings. The van der Waals surface area contributed by atoms with Gasteiger partial charge in [0.25, 0.3) is 0 Å². The summed E-state index contributed by atoms with van der Waals surface area (Å²) >= 11 is 0. The van der Waals surface area contributed by atoms with Crippen LogP contribution in [0.4, 0.5) is 0 Å². The molecule has 0 aliphatic carbocycles. The van der Waals surface area contributed by atoms with Crippen molar-refractivity contribution < 1.29 is 28.6 Å². The Morgan fingerprint density at radius 1 is 0.361 bits per heavy atom. The summed E-state index contributed by atoms with van der Waals surface area (Å²) in [5.74, 6) is -1.08. The summed E-state index contributed by atoms with van der Waals surface area (Å²) in [7, 11) is 0. The van der Waals surface area contributed by atoms with Crippen molar-refractivity contribution in [3.8, 4) is 0 Å². The molecular weight excluding hydrogens is 757 g/mol. The van der Waals surface area contributed by atoms with Crippen LogP contribution in [-0.2, 0) is 28.6 Å². The smallest absolute Gasteiger partial charge is 0.306 e. The predicted molar refractivity (Wildman–Crippen MR) is 260 cm³/mol. The van der Waals surface area contributed by atoms with Crippen molar-refractivity contribution in [1.82, 2.24) is 0 Å². The largest absolute Gasteiger partial charge is 0.462 e. The van der Waals surface area contributed by atoms with Gasteiger partial charge in [-0.1, -0.05) is 187 Å². The molecule has 0 fully saturated rings. The molecule has 0 spiro atoms. The molecule has 342 valence electrons. The zero-order valence-electron chi connectivity index (χ0n) is 38.9. The number of unbranched alkanes of at least 4 members (excludes halogenated alkanes) is 12. The maximum atomic E-state index is 12.7. The standard InChI is InChI=1S/C55H86O6/c1-4-7-10-13-16-19-21-23-25-27-28-30-31-33-36-39-42-45-48-54(57)60-51-52(50-59-53(56)47-44-41-38-35-18-15-12-9-6-3)61-55(58)49-46-43-40-37-34-32-29-26-24-22-20-17-14-11-8-5-2/h8-9,11-12,17-18,20-21,23-28,30,32,34-35,40,43,52H,4-7,10,13-16,19,22,29,31,33,36-39,41-42,44-51H2,1-3H3/b11-8-,12-9-,20-17-,23-21-,26-24-,27-25-,30-28-,34-32-,35-18-,43-40-. The summed E-state index contributed by atoms with van der Waals surface area (Å²) in [5, 5.41) is 0. The summed E-state index contributed by atoms with van der Waals surface area (Å²) in [6, 6.07) is 0. The lowest BCUT2D eigenvalue weighted by Crippen LogP contribution is -2.30. The number of esters is 3. The zero-order chi connectivity index (χ0) is 44.4. The third-order valence-electron chi connectivity index (χ3n) is 9.51. The van der Waals surface area contributed by atoms with Crippen molar-refractivity contribution in [3.63, 3.8) is 0 Å². The summed E-state index contributed by atoms with van der Waals surface area (Å²) < 4.78 is 16.6. The topological polar surface area (TPSA) is 78.9 Å². The van der Waals surface area contributed by atoms with Gasteiger partial charge in [-0.15, -0.1) is 0 Å². The number of ether oxygens (including phenoxy) is 3. The Kier molecular flexibility index (Phi) is 45.1. The molecule has 0 aliphatic heterocycles. The maximum absolute atomic E-state index is 12.7. The molecule has 1 unspecified atom stereocenters. The molecular formula is C55H86O6. The minimum atomic E-state index is -0.841. The monoisotopic (exact) mass is 843 g/mol. The van der Waals surface area contributed by atoms with Gasteiger partial charge in [-0.05, 0) is 103 Å². The quantitative estimate of drug-likeness (QED) is 0.0201. The third-order valence-corrected chi connectivity index (χ3v) is 9.51. The van der Waals surface area contributed by atoms with E-state index in [1.54, 1.807) is 0 Å². The van der Waals surface area contributed by atoms with Gasteiger partial charge in [0.05, 0.1) is 0 Å². The van der Waals surface area contributed by atoms with Crippen molar-refractivity contribution in [2.45, 2.75) is 194 Å². The van der Waals surface area contributed by atoms with Crippen LogP contribution in [-0.4, -0.2) is 37.2 Å². The van der Waals surface area contributed by atoms with Crippen molar-refractivity contribution in [3.05, 3.63) is 122 Å². The van der Waals surface area contributed by atoms with E-state index in [0.717, 1.165) is 103 Å². The fourth-order valence-electron chi connectivity index (χ4n) is 5.94. The van der Waals surface area contributed by atoms with Crippen LogP contribution < -0.4 is 0 Å². The lowest BCUT2D eigenvalue weighted by molar-refractivity contribution is -0.166. The number of hydrogen-bond donors (Lipinski definition) is 0. The molecule has 0 heterocycles. The Hall–Kier alpha value is -4.19. The average Bonchev–Trinajstić information content (AvgIpc) is 3.26. The lowest BCUT2D eigenvalue weighted by Gasteiger charge is -2.18. The fourth-order valence-corrected chi connectivity index (χ4v) is 5.94. The van der Waals surface area contributed by atoms with E-state index in [-0.39, 0.29) is 31.6 Å². The number of allylic oxidation sites excluding steroid dienone is 20. The summed E-state index contributed by atoms with van der Waals surface area (Å²) in [4.78, 5) is 37.7. The number of carbonyl (C=O) groups is 3. The Balaban J connectivity index is 4.54. The predicted octanol–water partition coefficient (Wildman–Crippen LogP) is 15.7. The summed E-state index contributed by atoms with van der Waals surface area (Å²) in [5.41, 5.74) is 0. The van der Waals surface area contributed by atoms with E-state index >= 15 is 0 Å². The first-order valence-corrected chi connectivity index (χ1v) is 24.1. The Bertz CT molecular complexity index is 1340. The van der Waals surface area contributed by atoms with Crippen LogP contribution >= 0.6 is 0 Å². The van der Waals surface area contributed by atoms with Gasteiger partial charge < -0.3 is 14.2 Å². The molecule has 0 aromatic carbocycles. The van der Waals surface area contributed by atoms with Gasteiger partial charge in [0.2, 0.25) is 0 Å². The van der Waals surface area contributed by atoms with Crippen molar-refractivity contribution in [2.24, 2.45) is 0 Å². The van der Waals surface area contributed by atoms with Gasteiger partial charge in [0.15, 0.2) is 6.10 Å². The van der Waals surface area contributed by atoms with Crippen molar-refractivity contribution >= 4 is 17.9 Å². The second-order valence-corrected chi connectivity index (χ2v) is 15.3. The molecule has 0 bridgehead atoms. The van der Waals surface area contributed by atoms with Crippen LogP contribution in [0.5, 0.6) is 0 Å². The second kappa shape index (κ2) is 48.5. The van der Waals surface area contributed by atoms with E-state index in [9.17, 15) is 14.4 Å². The highest BCUT2D eigenvalue weighted by Crippen LogP contribution is 2.11. The SMILES string of the molecule is CC/C=C\C/C=C\C/C=C\C/C=C\C/C=C\CCC(=O)OC(COC(=O)CCCC/C=C\C/C=C\CC)COC(=O)CCCCCCC\C=C/C=C\C=C/CCCCCCC.